The second-order valence-electron chi connectivity index (χ2n) is 10.1. The monoisotopic (exact) mass is 419 g/mol. The predicted octanol–water partition coefficient (Wildman–Crippen LogP) is 3.86. The molecular formula is C26H29NO4. The summed E-state index contributed by atoms with van der Waals surface area (Å²) >= 11 is 0. The van der Waals surface area contributed by atoms with E-state index >= 15 is 0 Å². The Balaban J connectivity index is 1.42. The fourth-order valence-corrected chi connectivity index (χ4v) is 6.78. The minimum Gasteiger partial charge on any atom is -0.457 e. The van der Waals surface area contributed by atoms with Gasteiger partial charge in [-0.2, -0.15) is 0 Å². The first kappa shape index (κ1) is 20.3. The minimum atomic E-state index is -0.864. The number of carbonyl (C=O) groups excluding carboxylic acids is 2. The molecule has 3 N–H and O–H groups in total. The quantitative estimate of drug-likeness (QED) is 0.720. The van der Waals surface area contributed by atoms with Crippen molar-refractivity contribution in [3.05, 3.63) is 59.7 Å². The summed E-state index contributed by atoms with van der Waals surface area (Å²) in [6, 6.07) is 15.6. The van der Waals surface area contributed by atoms with Crippen LogP contribution in [0.2, 0.25) is 0 Å². The van der Waals surface area contributed by atoms with Crippen LogP contribution < -0.4 is 5.73 Å². The molecule has 5 unspecified atom stereocenters. The SMILES string of the molecule is Cc1ccc(-c2cccc(C(=O)OC3C4CC5CC(CO)(C4)CC3(C(N)=O)C5)c2)cc1. The number of aliphatic hydroxyl groups is 1. The first-order chi connectivity index (χ1) is 14.8. The maximum absolute atomic E-state index is 13.2. The third-order valence-corrected chi connectivity index (χ3v) is 7.91. The molecule has 2 aromatic rings. The van der Waals surface area contributed by atoms with E-state index in [9.17, 15) is 14.7 Å². The Labute approximate surface area is 182 Å². The molecule has 0 heterocycles. The van der Waals surface area contributed by atoms with Gasteiger partial charge in [-0.25, -0.2) is 4.79 Å². The van der Waals surface area contributed by atoms with Gasteiger partial charge in [0.25, 0.3) is 0 Å². The van der Waals surface area contributed by atoms with Crippen molar-refractivity contribution >= 4 is 11.9 Å². The van der Waals surface area contributed by atoms with Gasteiger partial charge in [-0.3, -0.25) is 4.79 Å². The second kappa shape index (κ2) is 7.20. The highest BCUT2D eigenvalue weighted by atomic mass is 16.5. The molecule has 0 radical (unpaired) electrons. The Morgan fingerprint density at radius 2 is 1.87 bits per heavy atom. The van der Waals surface area contributed by atoms with Crippen molar-refractivity contribution in [2.75, 3.05) is 6.61 Å². The molecule has 0 aliphatic heterocycles. The van der Waals surface area contributed by atoms with E-state index in [2.05, 4.69) is 0 Å². The van der Waals surface area contributed by atoms with Crippen LogP contribution in [0.25, 0.3) is 11.1 Å². The van der Waals surface area contributed by atoms with Gasteiger partial charge < -0.3 is 15.6 Å². The molecule has 0 aromatic heterocycles. The van der Waals surface area contributed by atoms with Gasteiger partial charge >= 0.3 is 5.97 Å². The molecule has 4 saturated carbocycles. The summed E-state index contributed by atoms with van der Waals surface area (Å²) in [4.78, 5) is 25.8. The van der Waals surface area contributed by atoms with Gasteiger partial charge in [0.15, 0.2) is 0 Å². The second-order valence-corrected chi connectivity index (χ2v) is 10.1. The van der Waals surface area contributed by atoms with Crippen molar-refractivity contribution in [2.45, 2.75) is 45.1 Å². The number of aliphatic hydroxyl groups excluding tert-OH is 1. The molecule has 4 bridgehead atoms. The van der Waals surface area contributed by atoms with E-state index < -0.39 is 23.4 Å². The lowest BCUT2D eigenvalue weighted by molar-refractivity contribution is -0.201. The number of hydrogen-bond acceptors (Lipinski definition) is 4. The zero-order valence-electron chi connectivity index (χ0n) is 17.8. The number of benzene rings is 2. The van der Waals surface area contributed by atoms with Gasteiger partial charge in [-0.05, 0) is 79.5 Å². The van der Waals surface area contributed by atoms with Crippen LogP contribution in [0, 0.1) is 29.6 Å². The van der Waals surface area contributed by atoms with E-state index in [0.29, 0.717) is 24.3 Å². The molecule has 2 aromatic carbocycles. The number of amides is 1. The summed E-state index contributed by atoms with van der Waals surface area (Å²) in [5.41, 5.74) is 8.43. The van der Waals surface area contributed by atoms with E-state index in [4.69, 9.17) is 10.5 Å². The van der Waals surface area contributed by atoms with E-state index in [0.717, 1.165) is 30.4 Å². The van der Waals surface area contributed by atoms with Gasteiger partial charge in [-0.1, -0.05) is 42.0 Å². The molecule has 4 fully saturated rings. The summed E-state index contributed by atoms with van der Waals surface area (Å²) in [6.45, 7) is 2.10. The molecule has 31 heavy (non-hydrogen) atoms. The van der Waals surface area contributed by atoms with Crippen LogP contribution in [-0.2, 0) is 9.53 Å². The lowest BCUT2D eigenvalue weighted by Gasteiger charge is -2.63. The number of hydrogen-bond donors (Lipinski definition) is 2. The Bertz CT molecular complexity index is 1030. The minimum absolute atomic E-state index is 0.0638. The Morgan fingerprint density at radius 1 is 1.10 bits per heavy atom. The smallest absolute Gasteiger partial charge is 0.338 e. The van der Waals surface area contributed by atoms with Crippen LogP contribution in [0.1, 0.15) is 48.0 Å². The molecule has 4 aliphatic carbocycles. The first-order valence-electron chi connectivity index (χ1n) is 11.1. The van der Waals surface area contributed by atoms with E-state index in [1.54, 1.807) is 6.07 Å². The number of rotatable bonds is 5. The zero-order chi connectivity index (χ0) is 21.8. The molecular weight excluding hydrogens is 390 g/mol. The third-order valence-electron chi connectivity index (χ3n) is 7.91. The van der Waals surface area contributed by atoms with Gasteiger partial charge in [-0.15, -0.1) is 0 Å². The first-order valence-corrected chi connectivity index (χ1v) is 11.1. The van der Waals surface area contributed by atoms with Gasteiger partial charge in [0.2, 0.25) is 5.91 Å². The van der Waals surface area contributed by atoms with E-state index in [-0.39, 0.29) is 17.9 Å². The fourth-order valence-electron chi connectivity index (χ4n) is 6.78. The number of ether oxygens (including phenoxy) is 1. The van der Waals surface area contributed by atoms with Crippen LogP contribution in [0.5, 0.6) is 0 Å². The normalized spacial score (nSPS) is 33.3. The standard InChI is InChI=1S/C26H29NO4/c1-16-5-7-18(8-6-16)19-3-2-4-20(10-19)23(29)31-22-21-9-17-11-25(13-21,15-28)14-26(22,12-17)24(27)30/h2-8,10,17,21-22,28H,9,11-15H2,1H3,(H2,27,30). The van der Waals surface area contributed by atoms with Crippen LogP contribution >= 0.6 is 0 Å². The molecule has 0 spiro atoms. The average Bonchev–Trinajstić information content (AvgIpc) is 2.76. The third kappa shape index (κ3) is 3.26. The Kier molecular flexibility index (Phi) is 4.70. The van der Waals surface area contributed by atoms with Crippen molar-refractivity contribution in [3.63, 3.8) is 0 Å². The summed E-state index contributed by atoms with van der Waals surface area (Å²) in [5.74, 6) is -0.368. The molecule has 5 atom stereocenters. The molecule has 5 nitrogen and oxygen atoms in total. The summed E-state index contributed by atoms with van der Waals surface area (Å²) < 4.78 is 6.06. The van der Waals surface area contributed by atoms with Crippen molar-refractivity contribution in [1.82, 2.24) is 0 Å². The van der Waals surface area contributed by atoms with Crippen molar-refractivity contribution < 1.29 is 19.4 Å². The number of primary amides is 1. The number of carbonyl (C=O) groups is 2. The molecule has 0 saturated heterocycles. The van der Waals surface area contributed by atoms with Crippen LogP contribution in [0.4, 0.5) is 0 Å². The Morgan fingerprint density at radius 3 is 2.58 bits per heavy atom. The lowest BCUT2D eigenvalue weighted by Crippen LogP contribution is -2.66. The highest BCUT2D eigenvalue weighted by Crippen LogP contribution is 2.65. The average molecular weight is 420 g/mol. The molecule has 4 aliphatic rings. The number of nitrogens with two attached hydrogens (primary N) is 1. The lowest BCUT2D eigenvalue weighted by atomic mass is 9.43. The largest absolute Gasteiger partial charge is 0.457 e. The highest BCUT2D eigenvalue weighted by molar-refractivity contribution is 5.92. The predicted molar refractivity (Wildman–Crippen MR) is 117 cm³/mol. The van der Waals surface area contributed by atoms with Crippen molar-refractivity contribution in [2.24, 2.45) is 28.4 Å². The summed E-state index contributed by atoms with van der Waals surface area (Å²) in [5, 5.41) is 10.1. The van der Waals surface area contributed by atoms with Gasteiger partial charge in [0.1, 0.15) is 6.10 Å². The van der Waals surface area contributed by atoms with Gasteiger partial charge in [0, 0.05) is 6.61 Å². The fraction of sp³-hybridized carbons (Fsp3) is 0.462. The number of aryl methyl sites for hydroxylation is 1. The maximum Gasteiger partial charge on any atom is 0.338 e. The number of esters is 1. The summed E-state index contributed by atoms with van der Waals surface area (Å²) in [6.07, 6.45) is 3.31. The van der Waals surface area contributed by atoms with E-state index in [1.807, 2.05) is 49.4 Å². The highest BCUT2D eigenvalue weighted by Gasteiger charge is 2.66. The Hall–Kier alpha value is -2.66. The summed E-state index contributed by atoms with van der Waals surface area (Å²) in [7, 11) is 0. The van der Waals surface area contributed by atoms with Crippen molar-refractivity contribution in [3.8, 4) is 11.1 Å². The molecule has 1 amide bonds. The van der Waals surface area contributed by atoms with Crippen LogP contribution in [0.15, 0.2) is 48.5 Å². The topological polar surface area (TPSA) is 89.6 Å². The van der Waals surface area contributed by atoms with Gasteiger partial charge in [0.05, 0.1) is 11.0 Å². The van der Waals surface area contributed by atoms with E-state index in [1.165, 1.54) is 5.56 Å². The van der Waals surface area contributed by atoms with Crippen molar-refractivity contribution in [1.29, 1.82) is 0 Å². The van der Waals surface area contributed by atoms with Crippen LogP contribution in [0.3, 0.4) is 0 Å². The molecule has 6 rings (SSSR count). The van der Waals surface area contributed by atoms with Crippen LogP contribution in [-0.4, -0.2) is 29.7 Å². The zero-order valence-corrected chi connectivity index (χ0v) is 17.8. The molecule has 5 heteroatoms. The molecule has 162 valence electrons. The maximum atomic E-state index is 13.2.